The van der Waals surface area contributed by atoms with E-state index in [2.05, 4.69) is 19.2 Å². The summed E-state index contributed by atoms with van der Waals surface area (Å²) in [6.45, 7) is 4.55. The molecule has 18 heavy (non-hydrogen) atoms. The van der Waals surface area contributed by atoms with Gasteiger partial charge >= 0.3 is 0 Å². The van der Waals surface area contributed by atoms with Crippen LogP contribution in [0.2, 0.25) is 5.02 Å². The molecule has 1 rings (SSSR count). The molecule has 0 aliphatic heterocycles. The molecular formula is C13H20ClN3O. The van der Waals surface area contributed by atoms with Gasteiger partial charge in [0.1, 0.15) is 0 Å². The molecule has 100 valence electrons. The number of amides is 1. The van der Waals surface area contributed by atoms with Crippen molar-refractivity contribution >= 4 is 28.9 Å². The number of nitrogens with two attached hydrogens (primary N) is 1. The van der Waals surface area contributed by atoms with Gasteiger partial charge in [-0.25, -0.2) is 0 Å². The first-order valence-corrected chi connectivity index (χ1v) is 6.37. The number of halogens is 1. The van der Waals surface area contributed by atoms with Gasteiger partial charge in [-0.1, -0.05) is 18.5 Å². The molecule has 0 aliphatic rings. The quantitative estimate of drug-likeness (QED) is 0.808. The Morgan fingerprint density at radius 3 is 2.78 bits per heavy atom. The lowest BCUT2D eigenvalue weighted by molar-refractivity contribution is -0.117. The van der Waals surface area contributed by atoms with Crippen LogP contribution < -0.4 is 11.1 Å². The summed E-state index contributed by atoms with van der Waals surface area (Å²) >= 11 is 5.82. The Balaban J connectivity index is 2.57. The zero-order valence-electron chi connectivity index (χ0n) is 11.0. The van der Waals surface area contributed by atoms with Crippen LogP contribution >= 0.6 is 11.6 Å². The number of nitrogen functional groups attached to an aromatic ring is 1. The van der Waals surface area contributed by atoms with Crippen LogP contribution in [0.3, 0.4) is 0 Å². The molecule has 0 aromatic heterocycles. The Morgan fingerprint density at radius 2 is 2.22 bits per heavy atom. The van der Waals surface area contributed by atoms with Crippen LogP contribution in [-0.2, 0) is 4.79 Å². The molecule has 1 unspecified atom stereocenters. The molecule has 4 nitrogen and oxygen atoms in total. The van der Waals surface area contributed by atoms with Crippen LogP contribution in [0.25, 0.3) is 0 Å². The Morgan fingerprint density at radius 1 is 1.56 bits per heavy atom. The minimum Gasteiger partial charge on any atom is -0.397 e. The van der Waals surface area contributed by atoms with Crippen molar-refractivity contribution in [1.29, 1.82) is 0 Å². The Hall–Kier alpha value is -1.26. The molecule has 1 amide bonds. The zero-order chi connectivity index (χ0) is 13.7. The molecule has 0 saturated carbocycles. The number of nitrogens with one attached hydrogen (secondary N) is 1. The maximum atomic E-state index is 11.8. The number of carbonyl (C=O) groups is 1. The van der Waals surface area contributed by atoms with Crippen molar-refractivity contribution in [3.05, 3.63) is 23.2 Å². The molecular weight excluding hydrogens is 250 g/mol. The van der Waals surface area contributed by atoms with Gasteiger partial charge in [-0.15, -0.1) is 0 Å². The topological polar surface area (TPSA) is 58.4 Å². The lowest BCUT2D eigenvalue weighted by Gasteiger charge is -2.22. The molecule has 0 fully saturated rings. The van der Waals surface area contributed by atoms with Gasteiger partial charge in [0.15, 0.2) is 0 Å². The maximum absolute atomic E-state index is 11.8. The van der Waals surface area contributed by atoms with Gasteiger partial charge in [-0.2, -0.15) is 0 Å². The second-order valence-electron chi connectivity index (χ2n) is 4.46. The normalized spacial score (nSPS) is 12.5. The highest BCUT2D eigenvalue weighted by atomic mass is 35.5. The lowest BCUT2D eigenvalue weighted by Crippen LogP contribution is -2.36. The summed E-state index contributed by atoms with van der Waals surface area (Å²) in [5, 5.41) is 3.29. The van der Waals surface area contributed by atoms with Crippen LogP contribution in [0.4, 0.5) is 11.4 Å². The molecule has 0 spiro atoms. The highest BCUT2D eigenvalue weighted by Crippen LogP contribution is 2.22. The third kappa shape index (κ3) is 4.20. The monoisotopic (exact) mass is 269 g/mol. The fourth-order valence-corrected chi connectivity index (χ4v) is 1.63. The van der Waals surface area contributed by atoms with Crippen LogP contribution in [0.1, 0.15) is 20.3 Å². The average Bonchev–Trinajstić information content (AvgIpc) is 2.32. The van der Waals surface area contributed by atoms with Crippen LogP contribution in [0.15, 0.2) is 18.2 Å². The first-order valence-electron chi connectivity index (χ1n) is 5.99. The molecule has 1 atom stereocenters. The summed E-state index contributed by atoms with van der Waals surface area (Å²) < 4.78 is 0. The number of rotatable bonds is 5. The van der Waals surface area contributed by atoms with E-state index in [4.69, 9.17) is 17.3 Å². The minimum atomic E-state index is -0.0560. The Kier molecular flexibility index (Phi) is 5.44. The van der Waals surface area contributed by atoms with Crippen molar-refractivity contribution in [1.82, 2.24) is 4.90 Å². The largest absolute Gasteiger partial charge is 0.397 e. The van der Waals surface area contributed by atoms with Gasteiger partial charge in [0.05, 0.1) is 17.3 Å². The average molecular weight is 270 g/mol. The molecule has 1 aromatic carbocycles. The number of anilines is 2. The van der Waals surface area contributed by atoms with Crippen molar-refractivity contribution < 1.29 is 4.79 Å². The maximum Gasteiger partial charge on any atom is 0.238 e. The number of hydrogen-bond acceptors (Lipinski definition) is 3. The molecule has 0 aliphatic carbocycles. The van der Waals surface area contributed by atoms with Gasteiger partial charge in [0, 0.05) is 11.7 Å². The molecule has 0 saturated heterocycles. The van der Waals surface area contributed by atoms with Crippen molar-refractivity contribution in [3.8, 4) is 0 Å². The van der Waals surface area contributed by atoms with Gasteiger partial charge in [0.25, 0.3) is 0 Å². The second kappa shape index (κ2) is 6.61. The number of hydrogen-bond donors (Lipinski definition) is 2. The third-order valence-corrected chi connectivity index (χ3v) is 3.36. The number of carbonyl (C=O) groups excluding carboxylic acids is 1. The Labute approximate surface area is 113 Å². The van der Waals surface area contributed by atoms with Gasteiger partial charge in [-0.3, -0.25) is 9.69 Å². The van der Waals surface area contributed by atoms with E-state index in [1.54, 1.807) is 18.2 Å². The van der Waals surface area contributed by atoms with E-state index in [1.165, 1.54) is 0 Å². The minimum absolute atomic E-state index is 0.0560. The van der Waals surface area contributed by atoms with E-state index in [1.807, 2.05) is 11.9 Å². The van der Waals surface area contributed by atoms with Gasteiger partial charge in [-0.05, 0) is 38.6 Å². The molecule has 0 bridgehead atoms. The smallest absolute Gasteiger partial charge is 0.238 e. The molecule has 5 heteroatoms. The standard InChI is InChI=1S/C13H20ClN3O/c1-4-9(2)17(3)8-13(18)16-10-5-6-11(14)12(15)7-10/h5-7,9H,4,8,15H2,1-3H3,(H,16,18). The second-order valence-corrected chi connectivity index (χ2v) is 4.86. The van der Waals surface area contributed by atoms with Crippen molar-refractivity contribution in [2.45, 2.75) is 26.3 Å². The SMILES string of the molecule is CCC(C)N(C)CC(=O)Nc1ccc(Cl)c(N)c1. The van der Waals surface area contributed by atoms with E-state index in [-0.39, 0.29) is 5.91 Å². The molecule has 1 aromatic rings. The number of likely N-dealkylation sites (N-methyl/N-ethyl adjacent to an activating group) is 1. The summed E-state index contributed by atoms with van der Waals surface area (Å²) in [7, 11) is 1.93. The zero-order valence-corrected chi connectivity index (χ0v) is 11.8. The van der Waals surface area contributed by atoms with Gasteiger partial charge < -0.3 is 11.1 Å². The van der Waals surface area contributed by atoms with Crippen molar-refractivity contribution in [3.63, 3.8) is 0 Å². The first kappa shape index (κ1) is 14.8. The number of benzene rings is 1. The summed E-state index contributed by atoms with van der Waals surface area (Å²) in [6, 6.07) is 5.44. The predicted molar refractivity (Wildman–Crippen MR) is 76.9 cm³/mol. The van der Waals surface area contributed by atoms with E-state index in [0.29, 0.717) is 29.0 Å². The molecule has 3 N–H and O–H groups in total. The van der Waals surface area contributed by atoms with E-state index in [9.17, 15) is 4.79 Å². The van der Waals surface area contributed by atoms with E-state index in [0.717, 1.165) is 6.42 Å². The fourth-order valence-electron chi connectivity index (χ4n) is 1.52. The summed E-state index contributed by atoms with van der Waals surface area (Å²) in [5.41, 5.74) is 6.80. The predicted octanol–water partition coefficient (Wildman–Crippen LogP) is 2.59. The summed E-state index contributed by atoms with van der Waals surface area (Å²) in [6.07, 6.45) is 1.01. The first-order chi connectivity index (χ1) is 8.43. The molecule has 0 heterocycles. The highest BCUT2D eigenvalue weighted by molar-refractivity contribution is 6.33. The summed E-state index contributed by atoms with van der Waals surface area (Å²) in [4.78, 5) is 13.8. The van der Waals surface area contributed by atoms with Crippen LogP contribution in [0, 0.1) is 0 Å². The summed E-state index contributed by atoms with van der Waals surface area (Å²) in [5.74, 6) is -0.0560. The fraction of sp³-hybridized carbons (Fsp3) is 0.462. The molecule has 0 radical (unpaired) electrons. The van der Waals surface area contributed by atoms with Crippen LogP contribution in [-0.4, -0.2) is 30.4 Å². The van der Waals surface area contributed by atoms with Crippen molar-refractivity contribution in [2.75, 3.05) is 24.6 Å². The van der Waals surface area contributed by atoms with E-state index < -0.39 is 0 Å². The lowest BCUT2D eigenvalue weighted by atomic mass is 10.2. The van der Waals surface area contributed by atoms with Crippen molar-refractivity contribution in [2.24, 2.45) is 0 Å². The third-order valence-electron chi connectivity index (χ3n) is 3.02. The van der Waals surface area contributed by atoms with Crippen LogP contribution in [0.5, 0.6) is 0 Å². The number of nitrogens with zero attached hydrogens (tertiary/aromatic N) is 1. The van der Waals surface area contributed by atoms with E-state index >= 15 is 0 Å². The Bertz CT molecular complexity index is 423. The highest BCUT2D eigenvalue weighted by Gasteiger charge is 2.11. The van der Waals surface area contributed by atoms with Gasteiger partial charge in [0.2, 0.25) is 5.91 Å².